The maximum absolute atomic E-state index is 5.77. The Labute approximate surface area is 116 Å². The SMILES string of the molecule is C=CCOc1c(C[NH2+]C(C)(C)C)cccc1OCC. The molecule has 3 heteroatoms. The van der Waals surface area contributed by atoms with E-state index in [9.17, 15) is 0 Å². The standard InChI is InChI=1S/C16H25NO2/c1-6-11-19-15-13(12-17-16(3,4)5)9-8-10-14(15)18-7-2/h6,8-10,17H,1,7,11-12H2,2-5H3/p+1. The largest absolute Gasteiger partial charge is 0.490 e. The van der Waals surface area contributed by atoms with Gasteiger partial charge in [0, 0.05) is 0 Å². The Morgan fingerprint density at radius 1 is 1.26 bits per heavy atom. The number of nitrogens with two attached hydrogens (primary N) is 1. The first kappa shape index (κ1) is 15.6. The predicted molar refractivity (Wildman–Crippen MR) is 78.7 cm³/mol. The molecule has 0 bridgehead atoms. The highest BCUT2D eigenvalue weighted by Crippen LogP contribution is 2.31. The van der Waals surface area contributed by atoms with Crippen LogP contribution in [0.4, 0.5) is 0 Å². The van der Waals surface area contributed by atoms with Crippen LogP contribution in [-0.2, 0) is 6.54 Å². The topological polar surface area (TPSA) is 35.1 Å². The summed E-state index contributed by atoms with van der Waals surface area (Å²) in [5, 5.41) is 2.29. The van der Waals surface area contributed by atoms with Crippen LogP contribution in [0.1, 0.15) is 33.3 Å². The van der Waals surface area contributed by atoms with E-state index in [2.05, 4.69) is 38.7 Å². The Morgan fingerprint density at radius 2 is 2.00 bits per heavy atom. The van der Waals surface area contributed by atoms with Gasteiger partial charge in [-0.3, -0.25) is 0 Å². The average molecular weight is 264 g/mol. The fourth-order valence-corrected chi connectivity index (χ4v) is 1.71. The summed E-state index contributed by atoms with van der Waals surface area (Å²) in [6, 6.07) is 6.04. The highest BCUT2D eigenvalue weighted by atomic mass is 16.5. The van der Waals surface area contributed by atoms with Crippen LogP contribution < -0.4 is 14.8 Å². The van der Waals surface area contributed by atoms with Crippen molar-refractivity contribution in [3.05, 3.63) is 36.4 Å². The van der Waals surface area contributed by atoms with Gasteiger partial charge in [0.2, 0.25) is 0 Å². The Kier molecular flexibility index (Phi) is 5.90. The van der Waals surface area contributed by atoms with E-state index in [1.165, 1.54) is 0 Å². The molecule has 2 N–H and O–H groups in total. The van der Waals surface area contributed by atoms with Crippen molar-refractivity contribution in [3.63, 3.8) is 0 Å². The van der Waals surface area contributed by atoms with Gasteiger partial charge in [-0.05, 0) is 39.8 Å². The van der Waals surface area contributed by atoms with Crippen molar-refractivity contribution in [1.82, 2.24) is 0 Å². The summed E-state index contributed by atoms with van der Waals surface area (Å²) in [5.74, 6) is 1.65. The normalized spacial score (nSPS) is 11.2. The van der Waals surface area contributed by atoms with Crippen molar-refractivity contribution in [2.24, 2.45) is 0 Å². The van der Waals surface area contributed by atoms with Crippen molar-refractivity contribution in [2.75, 3.05) is 13.2 Å². The molecule has 0 aliphatic heterocycles. The van der Waals surface area contributed by atoms with Crippen molar-refractivity contribution in [1.29, 1.82) is 0 Å². The quantitative estimate of drug-likeness (QED) is 0.768. The van der Waals surface area contributed by atoms with Gasteiger partial charge in [0.1, 0.15) is 13.2 Å². The van der Waals surface area contributed by atoms with E-state index in [1.807, 2.05) is 19.1 Å². The molecule has 0 aromatic heterocycles. The molecule has 0 fully saturated rings. The molecule has 0 heterocycles. The highest BCUT2D eigenvalue weighted by Gasteiger charge is 2.17. The zero-order valence-corrected chi connectivity index (χ0v) is 12.5. The molecule has 0 radical (unpaired) electrons. The number of hydrogen-bond donors (Lipinski definition) is 1. The van der Waals surface area contributed by atoms with Crippen LogP contribution in [0, 0.1) is 0 Å². The molecule has 0 saturated heterocycles. The maximum atomic E-state index is 5.77. The lowest BCUT2D eigenvalue weighted by molar-refractivity contribution is -0.731. The molecule has 1 aromatic rings. The first-order valence-electron chi connectivity index (χ1n) is 6.80. The minimum atomic E-state index is 0.192. The Balaban J connectivity index is 2.93. The van der Waals surface area contributed by atoms with Crippen LogP contribution in [0.2, 0.25) is 0 Å². The van der Waals surface area contributed by atoms with Gasteiger partial charge in [0.15, 0.2) is 11.5 Å². The highest BCUT2D eigenvalue weighted by molar-refractivity contribution is 5.46. The van der Waals surface area contributed by atoms with Gasteiger partial charge in [-0.2, -0.15) is 0 Å². The Bertz CT molecular complexity index is 408. The van der Waals surface area contributed by atoms with Gasteiger partial charge in [-0.1, -0.05) is 18.7 Å². The zero-order chi connectivity index (χ0) is 14.3. The Morgan fingerprint density at radius 3 is 2.58 bits per heavy atom. The number of quaternary nitrogens is 1. The maximum Gasteiger partial charge on any atom is 0.170 e. The molecule has 0 spiro atoms. The molecule has 1 aromatic carbocycles. The summed E-state index contributed by atoms with van der Waals surface area (Å²) >= 11 is 0. The molecule has 0 amide bonds. The molecule has 0 aliphatic rings. The van der Waals surface area contributed by atoms with Gasteiger partial charge in [-0.25, -0.2) is 0 Å². The summed E-state index contributed by atoms with van der Waals surface area (Å²) in [5.41, 5.74) is 1.35. The summed E-state index contributed by atoms with van der Waals surface area (Å²) in [6.45, 7) is 14.3. The van der Waals surface area contributed by atoms with Crippen LogP contribution in [0.5, 0.6) is 11.5 Å². The molecule has 0 unspecified atom stereocenters. The molecule has 1 rings (SSSR count). The first-order chi connectivity index (χ1) is 8.98. The third-order valence-corrected chi connectivity index (χ3v) is 2.64. The van der Waals surface area contributed by atoms with Crippen molar-refractivity contribution < 1.29 is 14.8 Å². The van der Waals surface area contributed by atoms with Crippen LogP contribution in [0.15, 0.2) is 30.9 Å². The Hall–Kier alpha value is -1.48. The molecule has 0 aliphatic carbocycles. The van der Waals surface area contributed by atoms with E-state index in [1.54, 1.807) is 6.08 Å². The van der Waals surface area contributed by atoms with E-state index in [4.69, 9.17) is 9.47 Å². The van der Waals surface area contributed by atoms with Gasteiger partial charge in [0.25, 0.3) is 0 Å². The van der Waals surface area contributed by atoms with Crippen molar-refractivity contribution >= 4 is 0 Å². The second kappa shape index (κ2) is 7.19. The zero-order valence-electron chi connectivity index (χ0n) is 12.5. The number of hydrogen-bond acceptors (Lipinski definition) is 2. The number of para-hydroxylation sites is 1. The lowest BCUT2D eigenvalue weighted by atomic mass is 10.1. The smallest absolute Gasteiger partial charge is 0.170 e. The van der Waals surface area contributed by atoms with E-state index < -0.39 is 0 Å². The molecule has 0 saturated carbocycles. The van der Waals surface area contributed by atoms with E-state index in [0.29, 0.717) is 13.2 Å². The predicted octanol–water partition coefficient (Wildman–Crippen LogP) is 2.51. The summed E-state index contributed by atoms with van der Waals surface area (Å²) in [7, 11) is 0. The van der Waals surface area contributed by atoms with E-state index >= 15 is 0 Å². The summed E-state index contributed by atoms with van der Waals surface area (Å²) in [6.07, 6.45) is 1.75. The third kappa shape index (κ3) is 5.35. The second-order valence-corrected chi connectivity index (χ2v) is 5.55. The number of benzene rings is 1. The monoisotopic (exact) mass is 264 g/mol. The molecule has 3 nitrogen and oxygen atoms in total. The van der Waals surface area contributed by atoms with Crippen LogP contribution in [0.3, 0.4) is 0 Å². The molecular weight excluding hydrogens is 238 g/mol. The first-order valence-corrected chi connectivity index (χ1v) is 6.80. The van der Waals surface area contributed by atoms with Gasteiger partial charge < -0.3 is 14.8 Å². The van der Waals surface area contributed by atoms with Gasteiger partial charge >= 0.3 is 0 Å². The van der Waals surface area contributed by atoms with Gasteiger partial charge in [-0.15, -0.1) is 0 Å². The van der Waals surface area contributed by atoms with Crippen LogP contribution >= 0.6 is 0 Å². The molecule has 19 heavy (non-hydrogen) atoms. The van der Waals surface area contributed by atoms with Crippen LogP contribution in [0.25, 0.3) is 0 Å². The van der Waals surface area contributed by atoms with Gasteiger partial charge in [0.05, 0.1) is 17.7 Å². The minimum absolute atomic E-state index is 0.192. The fraction of sp³-hybridized carbons (Fsp3) is 0.500. The summed E-state index contributed by atoms with van der Waals surface area (Å²) < 4.78 is 11.4. The van der Waals surface area contributed by atoms with Crippen molar-refractivity contribution in [2.45, 2.75) is 39.8 Å². The molecule has 0 atom stereocenters. The third-order valence-electron chi connectivity index (χ3n) is 2.64. The lowest BCUT2D eigenvalue weighted by Gasteiger charge is -2.19. The molecular formula is C16H26NO2+. The average Bonchev–Trinajstić information content (AvgIpc) is 2.34. The van der Waals surface area contributed by atoms with Crippen LogP contribution in [-0.4, -0.2) is 18.8 Å². The van der Waals surface area contributed by atoms with E-state index in [-0.39, 0.29) is 5.54 Å². The second-order valence-electron chi connectivity index (χ2n) is 5.55. The van der Waals surface area contributed by atoms with Crippen molar-refractivity contribution in [3.8, 4) is 11.5 Å². The summed E-state index contributed by atoms with van der Waals surface area (Å²) in [4.78, 5) is 0. The number of rotatable bonds is 7. The number of ether oxygens (including phenoxy) is 2. The minimum Gasteiger partial charge on any atom is -0.490 e. The molecule has 106 valence electrons. The lowest BCUT2D eigenvalue weighted by Crippen LogP contribution is -2.92. The fourth-order valence-electron chi connectivity index (χ4n) is 1.71. The van der Waals surface area contributed by atoms with E-state index in [0.717, 1.165) is 23.6 Å².